The lowest BCUT2D eigenvalue weighted by Crippen LogP contribution is -2.08. The van der Waals surface area contributed by atoms with E-state index < -0.39 is 0 Å². The van der Waals surface area contributed by atoms with E-state index in [1.54, 1.807) is 25.3 Å². The van der Waals surface area contributed by atoms with Crippen molar-refractivity contribution in [2.75, 3.05) is 19.0 Å². The monoisotopic (exact) mass is 299 g/mol. The molecule has 0 aliphatic carbocycles. The van der Waals surface area contributed by atoms with Crippen LogP contribution in [0.3, 0.4) is 0 Å². The summed E-state index contributed by atoms with van der Waals surface area (Å²) in [5.41, 5.74) is 0.663. The number of benzene rings is 1. The number of ether oxygens (including phenoxy) is 2. The Balaban J connectivity index is 2.65. The van der Waals surface area contributed by atoms with Crippen molar-refractivity contribution < 1.29 is 14.3 Å². The van der Waals surface area contributed by atoms with Crippen LogP contribution in [0.1, 0.15) is 6.92 Å². The van der Waals surface area contributed by atoms with E-state index in [0.717, 1.165) is 4.47 Å². The van der Waals surface area contributed by atoms with E-state index in [0.29, 0.717) is 18.0 Å². The van der Waals surface area contributed by atoms with E-state index in [1.807, 2.05) is 6.92 Å². The van der Waals surface area contributed by atoms with E-state index in [4.69, 9.17) is 9.47 Å². The number of anilines is 1. The SMILES string of the molecule is CCOC=CC(=O)Nc1ccc(Br)c(OC)c1. The smallest absolute Gasteiger partial charge is 0.251 e. The maximum atomic E-state index is 11.4. The number of carbonyl (C=O) groups excluding carboxylic acids is 1. The van der Waals surface area contributed by atoms with Crippen molar-refractivity contribution in [1.82, 2.24) is 0 Å². The fourth-order valence-corrected chi connectivity index (χ4v) is 1.54. The van der Waals surface area contributed by atoms with Crippen molar-refractivity contribution in [3.05, 3.63) is 35.0 Å². The molecule has 17 heavy (non-hydrogen) atoms. The maximum absolute atomic E-state index is 11.4. The number of halogens is 1. The number of nitrogens with one attached hydrogen (secondary N) is 1. The lowest BCUT2D eigenvalue weighted by atomic mass is 10.3. The zero-order valence-corrected chi connectivity index (χ0v) is 11.3. The van der Waals surface area contributed by atoms with Crippen molar-refractivity contribution in [2.45, 2.75) is 6.92 Å². The van der Waals surface area contributed by atoms with Crippen LogP contribution in [0.2, 0.25) is 0 Å². The first-order valence-electron chi connectivity index (χ1n) is 5.10. The van der Waals surface area contributed by atoms with E-state index in [1.165, 1.54) is 12.3 Å². The second-order valence-corrected chi connectivity index (χ2v) is 3.95. The molecular formula is C12H14BrNO3. The van der Waals surface area contributed by atoms with Gasteiger partial charge in [-0.3, -0.25) is 4.79 Å². The standard InChI is InChI=1S/C12H14BrNO3/c1-3-17-7-6-12(15)14-9-4-5-10(13)11(8-9)16-2/h4-8H,3H2,1-2H3,(H,14,15). The zero-order chi connectivity index (χ0) is 12.7. The molecule has 5 heteroatoms. The molecule has 0 heterocycles. The van der Waals surface area contributed by atoms with Gasteiger partial charge in [-0.1, -0.05) is 0 Å². The van der Waals surface area contributed by atoms with Gasteiger partial charge in [0.2, 0.25) is 0 Å². The van der Waals surface area contributed by atoms with Crippen molar-refractivity contribution in [3.8, 4) is 5.75 Å². The molecule has 92 valence electrons. The average Bonchev–Trinajstić information content (AvgIpc) is 2.32. The topological polar surface area (TPSA) is 47.6 Å². The summed E-state index contributed by atoms with van der Waals surface area (Å²) in [5, 5.41) is 2.70. The molecule has 0 saturated heterocycles. The lowest BCUT2D eigenvalue weighted by molar-refractivity contribution is -0.112. The summed E-state index contributed by atoms with van der Waals surface area (Å²) in [4.78, 5) is 11.4. The molecule has 0 atom stereocenters. The second kappa shape index (κ2) is 6.96. The van der Waals surface area contributed by atoms with Crippen LogP contribution < -0.4 is 10.1 Å². The minimum Gasteiger partial charge on any atom is -0.501 e. The minimum absolute atomic E-state index is 0.247. The number of methoxy groups -OCH3 is 1. The Labute approximate surface area is 109 Å². The molecule has 1 amide bonds. The molecule has 0 aliphatic heterocycles. The number of amides is 1. The van der Waals surface area contributed by atoms with Crippen LogP contribution in [0, 0.1) is 0 Å². The molecule has 1 aromatic rings. The molecule has 1 aromatic carbocycles. The zero-order valence-electron chi connectivity index (χ0n) is 9.70. The third-order valence-corrected chi connectivity index (χ3v) is 2.56. The predicted molar refractivity (Wildman–Crippen MR) is 70.1 cm³/mol. The summed E-state index contributed by atoms with van der Waals surface area (Å²) in [6.45, 7) is 2.39. The van der Waals surface area contributed by atoms with Gasteiger partial charge in [0.1, 0.15) is 5.75 Å². The van der Waals surface area contributed by atoms with E-state index in [9.17, 15) is 4.79 Å². The summed E-state index contributed by atoms with van der Waals surface area (Å²) in [6, 6.07) is 5.32. The molecule has 1 rings (SSSR count). The maximum Gasteiger partial charge on any atom is 0.251 e. The van der Waals surface area contributed by atoms with Crippen LogP contribution >= 0.6 is 15.9 Å². The first-order valence-corrected chi connectivity index (χ1v) is 5.89. The van der Waals surface area contributed by atoms with E-state index >= 15 is 0 Å². The van der Waals surface area contributed by atoms with Crippen molar-refractivity contribution in [1.29, 1.82) is 0 Å². The van der Waals surface area contributed by atoms with Crippen LogP contribution in [-0.2, 0) is 9.53 Å². The van der Waals surface area contributed by atoms with Gasteiger partial charge in [-0.2, -0.15) is 0 Å². The average molecular weight is 300 g/mol. The second-order valence-electron chi connectivity index (χ2n) is 3.10. The fraction of sp³-hybridized carbons (Fsp3) is 0.250. The van der Waals surface area contributed by atoms with E-state index in [-0.39, 0.29) is 5.91 Å². The molecule has 0 saturated carbocycles. The molecule has 0 spiro atoms. The van der Waals surface area contributed by atoms with Gasteiger partial charge in [-0.05, 0) is 35.0 Å². The summed E-state index contributed by atoms with van der Waals surface area (Å²) in [5.74, 6) is 0.416. The van der Waals surface area contributed by atoms with Gasteiger partial charge in [0.15, 0.2) is 0 Å². The molecule has 0 fully saturated rings. The predicted octanol–water partition coefficient (Wildman–Crippen LogP) is 2.95. The van der Waals surface area contributed by atoms with Crippen LogP contribution in [0.5, 0.6) is 5.75 Å². The van der Waals surface area contributed by atoms with Gasteiger partial charge < -0.3 is 14.8 Å². The van der Waals surface area contributed by atoms with Gasteiger partial charge >= 0.3 is 0 Å². The number of hydrogen-bond donors (Lipinski definition) is 1. The Morgan fingerprint density at radius 2 is 2.29 bits per heavy atom. The van der Waals surface area contributed by atoms with Crippen LogP contribution in [0.4, 0.5) is 5.69 Å². The highest BCUT2D eigenvalue weighted by atomic mass is 79.9. The molecule has 0 unspecified atom stereocenters. The summed E-state index contributed by atoms with van der Waals surface area (Å²) < 4.78 is 10.9. The molecule has 4 nitrogen and oxygen atoms in total. The third-order valence-electron chi connectivity index (χ3n) is 1.90. The first kappa shape index (κ1) is 13.6. The Kier molecular flexibility index (Phi) is 5.56. The summed E-state index contributed by atoms with van der Waals surface area (Å²) >= 11 is 3.34. The Hall–Kier alpha value is -1.49. The highest BCUT2D eigenvalue weighted by molar-refractivity contribution is 9.10. The highest BCUT2D eigenvalue weighted by Gasteiger charge is 2.03. The number of rotatable bonds is 5. The van der Waals surface area contributed by atoms with Crippen molar-refractivity contribution in [3.63, 3.8) is 0 Å². The number of hydrogen-bond acceptors (Lipinski definition) is 3. The largest absolute Gasteiger partial charge is 0.501 e. The first-order chi connectivity index (χ1) is 8.17. The quantitative estimate of drug-likeness (QED) is 0.672. The van der Waals surface area contributed by atoms with Crippen molar-refractivity contribution >= 4 is 27.5 Å². The van der Waals surface area contributed by atoms with Crippen LogP contribution in [-0.4, -0.2) is 19.6 Å². The van der Waals surface area contributed by atoms with Gasteiger partial charge in [0.05, 0.1) is 24.5 Å². The lowest BCUT2D eigenvalue weighted by Gasteiger charge is -2.06. The normalized spacial score (nSPS) is 10.3. The minimum atomic E-state index is -0.247. The Morgan fingerprint density at radius 3 is 2.94 bits per heavy atom. The van der Waals surface area contributed by atoms with Gasteiger partial charge in [0.25, 0.3) is 5.91 Å². The molecule has 0 aliphatic rings. The van der Waals surface area contributed by atoms with Gasteiger partial charge in [-0.15, -0.1) is 0 Å². The van der Waals surface area contributed by atoms with Gasteiger partial charge in [0, 0.05) is 17.8 Å². The number of carbonyl (C=O) groups is 1. The third kappa shape index (κ3) is 4.48. The highest BCUT2D eigenvalue weighted by Crippen LogP contribution is 2.27. The van der Waals surface area contributed by atoms with E-state index in [2.05, 4.69) is 21.2 Å². The Bertz CT molecular complexity index is 418. The van der Waals surface area contributed by atoms with Crippen LogP contribution in [0.15, 0.2) is 35.0 Å². The Morgan fingerprint density at radius 1 is 1.53 bits per heavy atom. The van der Waals surface area contributed by atoms with Crippen molar-refractivity contribution in [2.24, 2.45) is 0 Å². The fourth-order valence-electron chi connectivity index (χ4n) is 1.13. The van der Waals surface area contributed by atoms with Gasteiger partial charge in [-0.25, -0.2) is 0 Å². The van der Waals surface area contributed by atoms with Crippen LogP contribution in [0.25, 0.3) is 0 Å². The summed E-state index contributed by atoms with van der Waals surface area (Å²) in [6.07, 6.45) is 2.70. The summed E-state index contributed by atoms with van der Waals surface area (Å²) in [7, 11) is 1.57. The molecule has 1 N–H and O–H groups in total. The molecule has 0 aromatic heterocycles. The molecule has 0 bridgehead atoms. The molecular weight excluding hydrogens is 286 g/mol. The molecule has 0 radical (unpaired) electrons.